The maximum atomic E-state index is 11.9. The van der Waals surface area contributed by atoms with Gasteiger partial charge in [0.1, 0.15) is 5.25 Å². The van der Waals surface area contributed by atoms with Crippen molar-refractivity contribution in [1.29, 1.82) is 0 Å². The van der Waals surface area contributed by atoms with Crippen LogP contribution in [-0.2, 0) is 9.59 Å². The van der Waals surface area contributed by atoms with Crippen LogP contribution >= 0.6 is 11.8 Å². The van der Waals surface area contributed by atoms with Gasteiger partial charge in [-0.3, -0.25) is 9.59 Å². The van der Waals surface area contributed by atoms with E-state index in [9.17, 15) is 9.59 Å². The Morgan fingerprint density at radius 1 is 0.778 bits per heavy atom. The predicted molar refractivity (Wildman–Crippen MR) is 188 cm³/mol. The lowest BCUT2D eigenvalue weighted by Gasteiger charge is -2.14. The summed E-state index contributed by atoms with van der Waals surface area (Å²) < 4.78 is 12.4. The first kappa shape index (κ1) is 38.6. The summed E-state index contributed by atoms with van der Waals surface area (Å²) in [5.74, 6) is 0.0763. The molecule has 0 bridgehead atoms. The van der Waals surface area contributed by atoms with Gasteiger partial charge in [-0.25, -0.2) is 0 Å². The van der Waals surface area contributed by atoms with Gasteiger partial charge >= 0.3 is 5.97 Å². The molecule has 1 saturated heterocycles. The third-order valence-corrected chi connectivity index (χ3v) is 9.04. The number of benzene rings is 1. The zero-order valence-electron chi connectivity index (χ0n) is 28.0. The second kappa shape index (κ2) is 25.6. The standard InChI is InChI=1S/C36H59N3O5S/c1-3-5-7-9-11-13-15-17-19-21-25-43-31-24-23-30(29-37-39-36-38-35(42)33(45-36)28-34(40)41)27-32(31)44-26-22-20-18-16-14-12-10-8-6-4-2/h23-24,27,29,33H,3-22,25-26,28H2,1-2H3,(H,40,41)(H,38,39,42). The fourth-order valence-corrected chi connectivity index (χ4v) is 6.19. The summed E-state index contributed by atoms with van der Waals surface area (Å²) in [6, 6.07) is 5.76. The van der Waals surface area contributed by atoms with Crippen molar-refractivity contribution in [1.82, 2.24) is 5.32 Å². The fourth-order valence-electron chi connectivity index (χ4n) is 5.27. The molecule has 1 unspecified atom stereocenters. The SMILES string of the molecule is CCCCCCCCCCCCOc1ccc(C=NN=C2NC(=O)C(CC(=O)O)S2)cc1OCCCCCCCCCCCC. The third kappa shape index (κ3) is 18.9. The number of carboxylic acid groups (broad SMARTS) is 1. The Bertz CT molecular complexity index is 1020. The molecule has 0 aliphatic carbocycles. The number of nitrogens with zero attached hydrogens (tertiary/aromatic N) is 2. The van der Waals surface area contributed by atoms with E-state index in [0.717, 1.165) is 42.3 Å². The smallest absolute Gasteiger partial charge is 0.305 e. The van der Waals surface area contributed by atoms with Crippen LogP contribution in [-0.4, -0.2) is 46.8 Å². The van der Waals surface area contributed by atoms with Crippen LogP contribution < -0.4 is 14.8 Å². The monoisotopic (exact) mass is 645 g/mol. The van der Waals surface area contributed by atoms with E-state index in [0.29, 0.717) is 24.1 Å². The van der Waals surface area contributed by atoms with E-state index < -0.39 is 11.2 Å². The van der Waals surface area contributed by atoms with Crippen molar-refractivity contribution in [2.24, 2.45) is 10.2 Å². The summed E-state index contributed by atoms with van der Waals surface area (Å²) in [5, 5.41) is 19.4. The second-order valence-electron chi connectivity index (χ2n) is 12.1. The quantitative estimate of drug-likeness (QED) is 0.0533. The number of hydrogen-bond acceptors (Lipinski definition) is 7. The number of rotatable bonds is 28. The molecule has 2 N–H and O–H groups in total. The highest BCUT2D eigenvalue weighted by molar-refractivity contribution is 8.15. The molecule has 1 aliphatic rings. The van der Waals surface area contributed by atoms with E-state index in [1.165, 1.54) is 109 Å². The first-order valence-corrected chi connectivity index (χ1v) is 18.6. The lowest BCUT2D eigenvalue weighted by Crippen LogP contribution is -2.26. The molecular formula is C36H59N3O5S. The number of carbonyl (C=O) groups is 2. The van der Waals surface area contributed by atoms with E-state index in [1.54, 1.807) is 6.21 Å². The number of ether oxygens (including phenoxy) is 2. The van der Waals surface area contributed by atoms with Crippen LogP contribution in [0.5, 0.6) is 11.5 Å². The van der Waals surface area contributed by atoms with Gasteiger partial charge in [0, 0.05) is 0 Å². The number of carboxylic acids is 1. The van der Waals surface area contributed by atoms with Crippen LogP contribution in [0.25, 0.3) is 0 Å². The largest absolute Gasteiger partial charge is 0.490 e. The minimum Gasteiger partial charge on any atom is -0.490 e. The number of aliphatic carboxylic acids is 1. The summed E-state index contributed by atoms with van der Waals surface area (Å²) in [6.07, 6.45) is 27.0. The number of amidine groups is 1. The Morgan fingerprint density at radius 3 is 1.78 bits per heavy atom. The molecule has 1 aromatic rings. The summed E-state index contributed by atoms with van der Waals surface area (Å²) in [6.45, 7) is 5.83. The van der Waals surface area contributed by atoms with Crippen LogP contribution in [0.2, 0.25) is 0 Å². The number of unbranched alkanes of at least 4 members (excludes halogenated alkanes) is 18. The lowest BCUT2D eigenvalue weighted by molar-refractivity contribution is -0.138. The van der Waals surface area contributed by atoms with E-state index in [-0.39, 0.29) is 12.3 Å². The number of carbonyl (C=O) groups excluding carboxylic acids is 1. The first-order valence-electron chi connectivity index (χ1n) is 17.7. The van der Waals surface area contributed by atoms with Crippen molar-refractivity contribution in [2.45, 2.75) is 154 Å². The Balaban J connectivity index is 1.81. The topological polar surface area (TPSA) is 110 Å². The van der Waals surface area contributed by atoms with Gasteiger partial charge in [0.05, 0.1) is 25.8 Å². The molecule has 9 heteroatoms. The molecule has 0 aromatic heterocycles. The molecule has 8 nitrogen and oxygen atoms in total. The molecule has 0 saturated carbocycles. The predicted octanol–water partition coefficient (Wildman–Crippen LogP) is 9.68. The van der Waals surface area contributed by atoms with E-state index in [2.05, 4.69) is 29.4 Å². The molecule has 0 spiro atoms. The molecule has 1 fully saturated rings. The molecule has 1 heterocycles. The molecule has 1 aliphatic heterocycles. The van der Waals surface area contributed by atoms with Gasteiger partial charge in [0.15, 0.2) is 16.7 Å². The Morgan fingerprint density at radius 2 is 1.27 bits per heavy atom. The number of amides is 1. The average Bonchev–Trinajstić information content (AvgIpc) is 3.36. The van der Waals surface area contributed by atoms with Crippen LogP contribution in [0.15, 0.2) is 28.4 Å². The van der Waals surface area contributed by atoms with E-state index in [1.807, 2.05) is 18.2 Å². The maximum absolute atomic E-state index is 11.9. The van der Waals surface area contributed by atoms with Crippen LogP contribution in [0, 0.1) is 0 Å². The van der Waals surface area contributed by atoms with Crippen molar-refractivity contribution < 1.29 is 24.2 Å². The zero-order valence-corrected chi connectivity index (χ0v) is 28.8. The third-order valence-electron chi connectivity index (χ3n) is 7.97. The van der Waals surface area contributed by atoms with Gasteiger partial charge in [0.25, 0.3) is 0 Å². The van der Waals surface area contributed by atoms with Crippen molar-refractivity contribution >= 4 is 35.0 Å². The summed E-state index contributed by atoms with van der Waals surface area (Å²) >= 11 is 1.08. The average molecular weight is 646 g/mol. The number of hydrogen-bond donors (Lipinski definition) is 2. The molecule has 45 heavy (non-hydrogen) atoms. The van der Waals surface area contributed by atoms with Crippen molar-refractivity contribution in [2.75, 3.05) is 13.2 Å². The van der Waals surface area contributed by atoms with Gasteiger partial charge in [0.2, 0.25) is 5.91 Å². The summed E-state index contributed by atoms with van der Waals surface area (Å²) in [5.41, 5.74) is 0.806. The van der Waals surface area contributed by atoms with Crippen molar-refractivity contribution in [3.63, 3.8) is 0 Å². The van der Waals surface area contributed by atoms with Gasteiger partial charge in [-0.2, -0.15) is 5.10 Å². The summed E-state index contributed by atoms with van der Waals surface area (Å²) in [4.78, 5) is 22.9. The normalized spacial score (nSPS) is 15.6. The Hall–Kier alpha value is -2.55. The van der Waals surface area contributed by atoms with Crippen molar-refractivity contribution in [3.05, 3.63) is 23.8 Å². The summed E-state index contributed by atoms with van der Waals surface area (Å²) in [7, 11) is 0. The Labute approximate surface area is 276 Å². The molecule has 1 aromatic carbocycles. The highest BCUT2D eigenvalue weighted by atomic mass is 32.2. The fraction of sp³-hybridized carbons (Fsp3) is 0.722. The first-order chi connectivity index (χ1) is 22.0. The minimum absolute atomic E-state index is 0.250. The molecule has 2 rings (SSSR count). The lowest BCUT2D eigenvalue weighted by atomic mass is 10.1. The Kier molecular flexibility index (Phi) is 22.0. The van der Waals surface area contributed by atoms with Crippen LogP contribution in [0.3, 0.4) is 0 Å². The van der Waals surface area contributed by atoms with E-state index >= 15 is 0 Å². The molecular weight excluding hydrogens is 586 g/mol. The highest BCUT2D eigenvalue weighted by Gasteiger charge is 2.32. The minimum atomic E-state index is -1.02. The van der Waals surface area contributed by atoms with Gasteiger partial charge < -0.3 is 19.9 Å². The molecule has 0 radical (unpaired) electrons. The van der Waals surface area contributed by atoms with E-state index in [4.69, 9.17) is 14.6 Å². The molecule has 254 valence electrons. The van der Waals surface area contributed by atoms with Gasteiger partial charge in [-0.15, -0.1) is 5.10 Å². The van der Waals surface area contributed by atoms with Crippen molar-refractivity contribution in [3.8, 4) is 11.5 Å². The van der Waals surface area contributed by atoms with Gasteiger partial charge in [-0.1, -0.05) is 141 Å². The zero-order chi connectivity index (χ0) is 32.4. The van der Waals surface area contributed by atoms with Crippen LogP contribution in [0.1, 0.15) is 154 Å². The van der Waals surface area contributed by atoms with Gasteiger partial charge in [-0.05, 0) is 36.6 Å². The second-order valence-corrected chi connectivity index (χ2v) is 13.3. The number of thioether (sulfide) groups is 1. The molecule has 1 atom stereocenters. The molecule has 1 amide bonds. The maximum Gasteiger partial charge on any atom is 0.305 e. The highest BCUT2D eigenvalue weighted by Crippen LogP contribution is 2.29. The van der Waals surface area contributed by atoms with Crippen LogP contribution in [0.4, 0.5) is 0 Å². The number of nitrogens with one attached hydrogen (secondary N) is 1.